The van der Waals surface area contributed by atoms with Crippen molar-refractivity contribution in [3.05, 3.63) is 62.2 Å². The van der Waals surface area contributed by atoms with Crippen molar-refractivity contribution < 1.29 is 13.9 Å². The van der Waals surface area contributed by atoms with Crippen LogP contribution >= 0.6 is 11.6 Å². The van der Waals surface area contributed by atoms with Crippen LogP contribution in [0.1, 0.15) is 22.5 Å². The smallest absolute Gasteiger partial charge is 0.336 e. The first kappa shape index (κ1) is 17.2. The molecule has 0 aliphatic heterocycles. The van der Waals surface area contributed by atoms with Gasteiger partial charge in [-0.1, -0.05) is 11.6 Å². The number of fused-ring (bicyclic) bond motifs is 1. The van der Waals surface area contributed by atoms with Gasteiger partial charge in [0.2, 0.25) is 0 Å². The number of carbonyl (C=O) groups excluding carboxylic acids is 1. The molecule has 0 aliphatic carbocycles. The van der Waals surface area contributed by atoms with Gasteiger partial charge in [-0.25, -0.2) is 4.79 Å². The van der Waals surface area contributed by atoms with Crippen molar-refractivity contribution in [3.63, 3.8) is 0 Å². The normalized spacial score (nSPS) is 11.0. The predicted octanol–water partition coefficient (Wildman–Crippen LogP) is 3.31. The molecular weight excluding hydrogens is 344 g/mol. The zero-order valence-corrected chi connectivity index (χ0v) is 14.9. The van der Waals surface area contributed by atoms with Crippen molar-refractivity contribution >= 4 is 28.5 Å². The number of rotatable bonds is 4. The van der Waals surface area contributed by atoms with E-state index in [1.807, 2.05) is 26.8 Å². The van der Waals surface area contributed by atoms with Gasteiger partial charge in [0.25, 0.3) is 0 Å². The molecule has 3 rings (SSSR count). The zero-order valence-electron chi connectivity index (χ0n) is 14.1. The van der Waals surface area contributed by atoms with Crippen LogP contribution in [0, 0.1) is 20.8 Å². The highest BCUT2D eigenvalue weighted by Gasteiger charge is 2.12. The molecule has 130 valence electrons. The third-order valence-electron chi connectivity index (χ3n) is 3.88. The Hall–Kier alpha value is -2.60. The van der Waals surface area contributed by atoms with Gasteiger partial charge in [0.05, 0.1) is 5.69 Å². The average molecular weight is 361 g/mol. The van der Waals surface area contributed by atoms with E-state index in [0.29, 0.717) is 21.6 Å². The summed E-state index contributed by atoms with van der Waals surface area (Å²) in [6.07, 6.45) is 0. The molecule has 0 radical (unpaired) electrons. The van der Waals surface area contributed by atoms with Gasteiger partial charge in [-0.2, -0.15) is 5.10 Å². The molecule has 0 saturated heterocycles. The van der Waals surface area contributed by atoms with E-state index < -0.39 is 11.6 Å². The summed E-state index contributed by atoms with van der Waals surface area (Å²) in [7, 11) is 0. The molecule has 0 unspecified atom stereocenters. The fraction of sp³-hybridized carbons (Fsp3) is 0.278. The molecule has 0 amide bonds. The Labute approximate surface area is 149 Å². The van der Waals surface area contributed by atoms with Crippen LogP contribution in [0.15, 0.2) is 33.5 Å². The summed E-state index contributed by atoms with van der Waals surface area (Å²) in [6.45, 7) is 5.52. The molecular formula is C18H17ClN2O4. The number of carbonyl (C=O) groups is 1. The summed E-state index contributed by atoms with van der Waals surface area (Å²) in [4.78, 5) is 23.8. The number of nitrogens with zero attached hydrogens (tertiary/aromatic N) is 2. The summed E-state index contributed by atoms with van der Waals surface area (Å²) >= 11 is 6.15. The van der Waals surface area contributed by atoms with Crippen LogP contribution in [0.25, 0.3) is 11.0 Å². The van der Waals surface area contributed by atoms with Gasteiger partial charge in [-0.05, 0) is 44.5 Å². The van der Waals surface area contributed by atoms with E-state index in [1.54, 1.807) is 16.8 Å². The van der Waals surface area contributed by atoms with E-state index in [-0.39, 0.29) is 13.2 Å². The molecule has 0 N–H and O–H groups in total. The summed E-state index contributed by atoms with van der Waals surface area (Å²) in [6, 6.07) is 6.59. The highest BCUT2D eigenvalue weighted by Crippen LogP contribution is 2.25. The van der Waals surface area contributed by atoms with E-state index in [2.05, 4.69) is 5.10 Å². The van der Waals surface area contributed by atoms with Gasteiger partial charge in [-0.15, -0.1) is 0 Å². The van der Waals surface area contributed by atoms with Crippen molar-refractivity contribution in [1.29, 1.82) is 0 Å². The van der Waals surface area contributed by atoms with E-state index in [4.69, 9.17) is 20.8 Å². The highest BCUT2D eigenvalue weighted by molar-refractivity contribution is 6.32. The van der Waals surface area contributed by atoms with Gasteiger partial charge in [0, 0.05) is 27.7 Å². The van der Waals surface area contributed by atoms with Crippen LogP contribution in [0.4, 0.5) is 0 Å². The molecule has 0 bridgehead atoms. The standard InChI is InChI=1S/C18H17ClN2O4/c1-10-4-16-14(7-15(10)19)13(6-17(22)25-16)9-24-18(23)8-21-12(3)5-11(2)20-21/h4-7H,8-9H2,1-3H3. The van der Waals surface area contributed by atoms with Gasteiger partial charge in [0.15, 0.2) is 0 Å². The fourth-order valence-corrected chi connectivity index (χ4v) is 2.79. The summed E-state index contributed by atoms with van der Waals surface area (Å²) in [5.74, 6) is -0.439. The Balaban J connectivity index is 1.81. The topological polar surface area (TPSA) is 74.3 Å². The van der Waals surface area contributed by atoms with Gasteiger partial charge < -0.3 is 9.15 Å². The Morgan fingerprint density at radius 3 is 2.68 bits per heavy atom. The first-order valence-electron chi connectivity index (χ1n) is 7.73. The van der Waals surface area contributed by atoms with Crippen molar-refractivity contribution in [2.75, 3.05) is 0 Å². The second-order valence-electron chi connectivity index (χ2n) is 5.93. The number of benzene rings is 1. The monoisotopic (exact) mass is 360 g/mol. The number of aryl methyl sites for hydroxylation is 3. The van der Waals surface area contributed by atoms with Crippen molar-refractivity contribution in [3.8, 4) is 0 Å². The van der Waals surface area contributed by atoms with Crippen LogP contribution in [0.3, 0.4) is 0 Å². The minimum Gasteiger partial charge on any atom is -0.459 e. The van der Waals surface area contributed by atoms with Crippen molar-refractivity contribution in [1.82, 2.24) is 9.78 Å². The molecule has 6 nitrogen and oxygen atoms in total. The van der Waals surface area contributed by atoms with E-state index >= 15 is 0 Å². The zero-order chi connectivity index (χ0) is 18.1. The molecule has 1 aromatic carbocycles. The molecule has 7 heteroatoms. The molecule has 0 fully saturated rings. The molecule has 3 aromatic rings. The van der Waals surface area contributed by atoms with Crippen molar-refractivity contribution in [2.24, 2.45) is 0 Å². The lowest BCUT2D eigenvalue weighted by atomic mass is 10.1. The SMILES string of the molecule is Cc1cc(C)n(CC(=O)OCc2cc(=O)oc3cc(C)c(Cl)cc23)n1. The third kappa shape index (κ3) is 3.74. The number of halogens is 1. The largest absolute Gasteiger partial charge is 0.459 e. The average Bonchev–Trinajstić information content (AvgIpc) is 2.84. The molecule has 0 spiro atoms. The summed E-state index contributed by atoms with van der Waals surface area (Å²) < 4.78 is 12.1. The lowest BCUT2D eigenvalue weighted by Gasteiger charge is -2.09. The maximum Gasteiger partial charge on any atom is 0.336 e. The molecule has 25 heavy (non-hydrogen) atoms. The Morgan fingerprint density at radius 1 is 1.24 bits per heavy atom. The molecule has 0 aliphatic rings. The van der Waals surface area contributed by atoms with Crippen LogP contribution in [0.2, 0.25) is 5.02 Å². The number of hydrogen-bond donors (Lipinski definition) is 0. The first-order chi connectivity index (χ1) is 11.8. The molecule has 2 aromatic heterocycles. The van der Waals surface area contributed by atoms with Crippen LogP contribution in [0.5, 0.6) is 0 Å². The maximum absolute atomic E-state index is 12.1. The quantitative estimate of drug-likeness (QED) is 0.527. The predicted molar refractivity (Wildman–Crippen MR) is 93.7 cm³/mol. The van der Waals surface area contributed by atoms with Gasteiger partial charge in [0.1, 0.15) is 18.7 Å². The number of hydrogen-bond acceptors (Lipinski definition) is 5. The fourth-order valence-electron chi connectivity index (χ4n) is 2.63. The minimum atomic E-state index is -0.501. The lowest BCUT2D eigenvalue weighted by molar-refractivity contribution is -0.145. The molecule has 0 saturated carbocycles. The number of esters is 1. The number of aromatic nitrogens is 2. The maximum atomic E-state index is 12.1. The highest BCUT2D eigenvalue weighted by atomic mass is 35.5. The van der Waals surface area contributed by atoms with Gasteiger partial charge >= 0.3 is 11.6 Å². The summed E-state index contributed by atoms with van der Waals surface area (Å²) in [5, 5.41) is 5.42. The van der Waals surface area contributed by atoms with E-state index in [0.717, 1.165) is 17.0 Å². The minimum absolute atomic E-state index is 0.0128. The van der Waals surface area contributed by atoms with Crippen LogP contribution < -0.4 is 5.63 Å². The van der Waals surface area contributed by atoms with Gasteiger partial charge in [-0.3, -0.25) is 9.48 Å². The Kier molecular flexibility index (Phi) is 4.63. The summed E-state index contributed by atoms with van der Waals surface area (Å²) in [5.41, 5.74) is 2.98. The molecule has 0 atom stereocenters. The molecule has 2 heterocycles. The Morgan fingerprint density at radius 2 is 2.00 bits per heavy atom. The van der Waals surface area contributed by atoms with E-state index in [1.165, 1.54) is 6.07 Å². The number of ether oxygens (including phenoxy) is 1. The van der Waals surface area contributed by atoms with E-state index in [9.17, 15) is 9.59 Å². The second kappa shape index (κ2) is 6.72. The van der Waals surface area contributed by atoms with Crippen molar-refractivity contribution in [2.45, 2.75) is 33.9 Å². The van der Waals surface area contributed by atoms with Crippen LogP contribution in [-0.4, -0.2) is 15.7 Å². The first-order valence-corrected chi connectivity index (χ1v) is 8.11. The van der Waals surface area contributed by atoms with Crippen LogP contribution in [-0.2, 0) is 22.7 Å². The lowest BCUT2D eigenvalue weighted by Crippen LogP contribution is -2.16. The third-order valence-corrected chi connectivity index (χ3v) is 4.29. The Bertz CT molecular complexity index is 1020. The second-order valence-corrected chi connectivity index (χ2v) is 6.34.